The molecule has 3 N–H and O–H groups in total. The minimum atomic E-state index is -0.304. The second-order valence-electron chi connectivity index (χ2n) is 6.53. The first kappa shape index (κ1) is 19.5. The minimum Gasteiger partial charge on any atom is -0.467 e. The number of amides is 1. The number of aliphatic imine (C=N–C) groups is 1. The maximum Gasteiger partial charge on any atom is 0.239 e. The highest BCUT2D eigenvalue weighted by Crippen LogP contribution is 2.22. The van der Waals surface area contributed by atoms with Crippen LogP contribution in [-0.2, 0) is 16.8 Å². The van der Waals surface area contributed by atoms with Crippen molar-refractivity contribution in [2.24, 2.45) is 4.99 Å². The molecule has 2 rings (SSSR count). The van der Waals surface area contributed by atoms with Crippen molar-refractivity contribution in [1.29, 1.82) is 0 Å². The predicted molar refractivity (Wildman–Crippen MR) is 99.3 cm³/mol. The van der Waals surface area contributed by atoms with Gasteiger partial charge in [0.05, 0.1) is 19.4 Å². The standard InChI is InChI=1S/C19H25FN4O2/c1-19(2,14-6-4-7-15(20)10-14)13-24-18(21-3)23-12-17(25)22-11-16-8-5-9-26-16/h4-10H,11-13H2,1-3H3,(H,22,25)(H2,21,23,24). The molecule has 26 heavy (non-hydrogen) atoms. The van der Waals surface area contributed by atoms with Gasteiger partial charge in [0.1, 0.15) is 11.6 Å². The zero-order valence-corrected chi connectivity index (χ0v) is 15.3. The molecule has 1 amide bonds. The van der Waals surface area contributed by atoms with Crippen molar-refractivity contribution in [3.05, 3.63) is 59.8 Å². The quantitative estimate of drug-likeness (QED) is 0.522. The molecule has 0 aliphatic heterocycles. The topological polar surface area (TPSA) is 78.7 Å². The Kier molecular flexibility index (Phi) is 6.77. The third-order valence-electron chi connectivity index (χ3n) is 3.98. The molecule has 0 saturated carbocycles. The molecule has 0 radical (unpaired) electrons. The summed E-state index contributed by atoms with van der Waals surface area (Å²) in [6.07, 6.45) is 1.56. The van der Waals surface area contributed by atoms with Crippen LogP contribution >= 0.6 is 0 Å². The van der Waals surface area contributed by atoms with Crippen molar-refractivity contribution in [2.45, 2.75) is 25.8 Å². The number of benzene rings is 1. The van der Waals surface area contributed by atoms with E-state index in [4.69, 9.17) is 4.42 Å². The summed E-state index contributed by atoms with van der Waals surface area (Å²) in [6.45, 7) is 4.98. The van der Waals surface area contributed by atoms with Crippen molar-refractivity contribution in [1.82, 2.24) is 16.0 Å². The molecule has 0 saturated heterocycles. The molecule has 0 aliphatic carbocycles. The Labute approximate surface area is 152 Å². The van der Waals surface area contributed by atoms with E-state index in [1.54, 1.807) is 31.5 Å². The van der Waals surface area contributed by atoms with Crippen LogP contribution in [0.25, 0.3) is 0 Å². The van der Waals surface area contributed by atoms with Gasteiger partial charge in [0.15, 0.2) is 5.96 Å². The smallest absolute Gasteiger partial charge is 0.239 e. The van der Waals surface area contributed by atoms with E-state index in [0.717, 1.165) is 5.56 Å². The van der Waals surface area contributed by atoms with E-state index in [-0.39, 0.29) is 23.7 Å². The van der Waals surface area contributed by atoms with Gasteiger partial charge in [-0.25, -0.2) is 4.39 Å². The normalized spacial score (nSPS) is 11.9. The number of nitrogens with one attached hydrogen (secondary N) is 3. The lowest BCUT2D eigenvalue weighted by Crippen LogP contribution is -2.46. The van der Waals surface area contributed by atoms with E-state index in [1.165, 1.54) is 12.1 Å². The molecule has 0 spiro atoms. The fourth-order valence-corrected chi connectivity index (χ4v) is 2.36. The molecule has 6 nitrogen and oxygen atoms in total. The summed E-state index contributed by atoms with van der Waals surface area (Å²) >= 11 is 0. The second-order valence-corrected chi connectivity index (χ2v) is 6.53. The molecule has 0 unspecified atom stereocenters. The molecule has 140 valence electrons. The Hall–Kier alpha value is -2.83. The first-order chi connectivity index (χ1) is 12.4. The highest BCUT2D eigenvalue weighted by Gasteiger charge is 2.21. The van der Waals surface area contributed by atoms with E-state index in [0.29, 0.717) is 24.8 Å². The zero-order chi connectivity index (χ0) is 19.0. The monoisotopic (exact) mass is 360 g/mol. The molecule has 0 atom stereocenters. The third-order valence-corrected chi connectivity index (χ3v) is 3.98. The van der Waals surface area contributed by atoms with Gasteiger partial charge in [-0.1, -0.05) is 26.0 Å². The minimum absolute atomic E-state index is 0.0841. The molecule has 1 heterocycles. The largest absolute Gasteiger partial charge is 0.467 e. The fourth-order valence-electron chi connectivity index (χ4n) is 2.36. The Bertz CT molecular complexity index is 742. The van der Waals surface area contributed by atoms with Crippen molar-refractivity contribution in [3.8, 4) is 0 Å². The van der Waals surface area contributed by atoms with Crippen LogP contribution < -0.4 is 16.0 Å². The van der Waals surface area contributed by atoms with Crippen LogP contribution in [0.15, 0.2) is 52.1 Å². The van der Waals surface area contributed by atoms with Crippen LogP contribution in [0, 0.1) is 5.82 Å². The number of hydrogen-bond donors (Lipinski definition) is 3. The maximum absolute atomic E-state index is 13.4. The lowest BCUT2D eigenvalue weighted by molar-refractivity contribution is -0.120. The Morgan fingerprint density at radius 2 is 2.00 bits per heavy atom. The number of halogens is 1. The molecule has 1 aromatic carbocycles. The Balaban J connectivity index is 1.79. The van der Waals surface area contributed by atoms with Crippen molar-refractivity contribution >= 4 is 11.9 Å². The summed E-state index contributed by atoms with van der Waals surface area (Å²) in [4.78, 5) is 16.0. The Morgan fingerprint density at radius 1 is 1.19 bits per heavy atom. The van der Waals surface area contributed by atoms with E-state index < -0.39 is 0 Å². The molecular weight excluding hydrogens is 335 g/mol. The summed E-state index contributed by atoms with van der Waals surface area (Å²) in [7, 11) is 1.63. The van der Waals surface area contributed by atoms with Gasteiger partial charge in [0.25, 0.3) is 0 Å². The third kappa shape index (κ3) is 5.91. The van der Waals surface area contributed by atoms with Crippen molar-refractivity contribution < 1.29 is 13.6 Å². The summed E-state index contributed by atoms with van der Waals surface area (Å²) < 4.78 is 18.6. The molecule has 7 heteroatoms. The zero-order valence-electron chi connectivity index (χ0n) is 15.3. The van der Waals surface area contributed by atoms with Gasteiger partial charge < -0.3 is 20.4 Å². The van der Waals surface area contributed by atoms with Gasteiger partial charge in [-0.05, 0) is 29.8 Å². The lowest BCUT2D eigenvalue weighted by Gasteiger charge is -2.26. The molecule has 1 aromatic heterocycles. The van der Waals surface area contributed by atoms with Gasteiger partial charge in [-0.15, -0.1) is 0 Å². The van der Waals surface area contributed by atoms with Crippen LogP contribution in [0.5, 0.6) is 0 Å². The lowest BCUT2D eigenvalue weighted by atomic mass is 9.84. The number of carbonyl (C=O) groups excluding carboxylic acids is 1. The molecule has 0 aliphatic rings. The summed E-state index contributed by atoms with van der Waals surface area (Å²) in [5.41, 5.74) is 0.581. The van der Waals surface area contributed by atoms with Crippen LogP contribution in [0.2, 0.25) is 0 Å². The highest BCUT2D eigenvalue weighted by atomic mass is 19.1. The van der Waals surface area contributed by atoms with Gasteiger partial charge in [-0.2, -0.15) is 0 Å². The first-order valence-corrected chi connectivity index (χ1v) is 8.40. The van der Waals surface area contributed by atoms with Crippen LogP contribution in [0.3, 0.4) is 0 Å². The van der Waals surface area contributed by atoms with E-state index >= 15 is 0 Å². The first-order valence-electron chi connectivity index (χ1n) is 8.40. The average Bonchev–Trinajstić information content (AvgIpc) is 3.13. The summed E-state index contributed by atoms with van der Waals surface area (Å²) in [5, 5.41) is 8.88. The van der Waals surface area contributed by atoms with Crippen molar-refractivity contribution in [2.75, 3.05) is 20.1 Å². The Morgan fingerprint density at radius 3 is 2.65 bits per heavy atom. The number of guanidine groups is 1. The van der Waals surface area contributed by atoms with Crippen LogP contribution in [-0.4, -0.2) is 32.0 Å². The molecule has 2 aromatic rings. The SMILES string of the molecule is CN=C(NCC(=O)NCc1ccco1)NCC(C)(C)c1cccc(F)c1. The van der Waals surface area contributed by atoms with Crippen molar-refractivity contribution in [3.63, 3.8) is 0 Å². The van der Waals surface area contributed by atoms with E-state index in [9.17, 15) is 9.18 Å². The number of nitrogens with zero attached hydrogens (tertiary/aromatic N) is 1. The van der Waals surface area contributed by atoms with E-state index in [1.807, 2.05) is 19.9 Å². The van der Waals surface area contributed by atoms with Gasteiger partial charge in [-0.3, -0.25) is 9.79 Å². The van der Waals surface area contributed by atoms with Crippen LogP contribution in [0.1, 0.15) is 25.2 Å². The van der Waals surface area contributed by atoms with Gasteiger partial charge in [0, 0.05) is 19.0 Å². The number of carbonyl (C=O) groups is 1. The van der Waals surface area contributed by atoms with Gasteiger partial charge >= 0.3 is 0 Å². The molecular formula is C19H25FN4O2. The number of furan rings is 1. The van der Waals surface area contributed by atoms with Gasteiger partial charge in [0.2, 0.25) is 5.91 Å². The maximum atomic E-state index is 13.4. The molecule has 0 bridgehead atoms. The van der Waals surface area contributed by atoms with E-state index in [2.05, 4.69) is 20.9 Å². The fraction of sp³-hybridized carbons (Fsp3) is 0.368. The predicted octanol–water partition coefficient (Wildman–Crippen LogP) is 2.18. The number of rotatable bonds is 7. The summed E-state index contributed by atoms with van der Waals surface area (Å²) in [5.74, 6) is 0.764. The average molecular weight is 360 g/mol. The second kappa shape index (κ2) is 9.03. The number of hydrogen-bond acceptors (Lipinski definition) is 3. The summed E-state index contributed by atoms with van der Waals surface area (Å²) in [6, 6.07) is 10.1. The molecule has 0 fully saturated rings. The highest BCUT2D eigenvalue weighted by molar-refractivity contribution is 5.86. The van der Waals surface area contributed by atoms with Crippen LogP contribution in [0.4, 0.5) is 4.39 Å².